The Morgan fingerprint density at radius 3 is 3.10 bits per heavy atom. The lowest BCUT2D eigenvalue weighted by atomic mass is 10.0. The largest absolute Gasteiger partial charge is 0.355 e. The van der Waals surface area contributed by atoms with Gasteiger partial charge in [-0.25, -0.2) is 4.98 Å². The van der Waals surface area contributed by atoms with E-state index in [1.165, 1.54) is 30.8 Å². The Labute approximate surface area is 131 Å². The number of imidazole rings is 1. The smallest absolute Gasteiger partial charge is 0.195 e. The zero-order valence-corrected chi connectivity index (χ0v) is 13.9. The van der Waals surface area contributed by atoms with Gasteiger partial charge < -0.3 is 10.6 Å². The molecule has 3 heterocycles. The molecule has 0 amide bonds. The van der Waals surface area contributed by atoms with Gasteiger partial charge in [0, 0.05) is 37.1 Å². The normalized spacial score (nSPS) is 21.7. The average molecular weight is 306 g/mol. The molecule has 2 aromatic heterocycles. The van der Waals surface area contributed by atoms with Gasteiger partial charge in [0.15, 0.2) is 10.8 Å². The first-order valence-electron chi connectivity index (χ1n) is 8.14. The fourth-order valence-corrected chi connectivity index (χ4v) is 3.86. The molecule has 1 aliphatic rings. The van der Waals surface area contributed by atoms with Crippen molar-refractivity contribution in [2.24, 2.45) is 11.7 Å². The van der Waals surface area contributed by atoms with Crippen molar-refractivity contribution in [1.82, 2.24) is 9.38 Å². The Balaban J connectivity index is 1.92. The third kappa shape index (κ3) is 3.09. The van der Waals surface area contributed by atoms with Crippen LogP contribution in [-0.4, -0.2) is 28.5 Å². The van der Waals surface area contributed by atoms with Gasteiger partial charge in [0.1, 0.15) is 0 Å². The fraction of sp³-hybridized carbons (Fsp3) is 0.688. The highest BCUT2D eigenvalue weighted by molar-refractivity contribution is 7.15. The zero-order valence-electron chi connectivity index (χ0n) is 13.1. The second-order valence-electron chi connectivity index (χ2n) is 6.33. The van der Waals surface area contributed by atoms with Crippen molar-refractivity contribution >= 4 is 22.1 Å². The summed E-state index contributed by atoms with van der Waals surface area (Å²) in [6.45, 7) is 6.77. The van der Waals surface area contributed by atoms with E-state index in [2.05, 4.69) is 34.7 Å². The minimum Gasteiger partial charge on any atom is -0.355 e. The zero-order chi connectivity index (χ0) is 14.8. The van der Waals surface area contributed by atoms with Gasteiger partial charge in [-0.1, -0.05) is 13.8 Å². The number of nitrogens with two attached hydrogens (primary N) is 1. The van der Waals surface area contributed by atoms with E-state index in [9.17, 15) is 0 Å². The number of rotatable bonds is 4. The Morgan fingerprint density at radius 1 is 1.43 bits per heavy atom. The minimum absolute atomic E-state index is 0.217. The summed E-state index contributed by atoms with van der Waals surface area (Å²) in [4.78, 5) is 8.49. The highest BCUT2D eigenvalue weighted by Crippen LogP contribution is 2.28. The highest BCUT2D eigenvalue weighted by Gasteiger charge is 2.22. The molecule has 0 aromatic carbocycles. The molecule has 0 aliphatic carbocycles. The first-order valence-corrected chi connectivity index (χ1v) is 9.02. The van der Waals surface area contributed by atoms with Gasteiger partial charge in [-0.3, -0.25) is 4.40 Å². The molecule has 2 atom stereocenters. The van der Waals surface area contributed by atoms with Crippen LogP contribution in [-0.2, 0) is 6.42 Å². The maximum atomic E-state index is 6.22. The van der Waals surface area contributed by atoms with E-state index >= 15 is 0 Å². The quantitative estimate of drug-likeness (QED) is 0.942. The van der Waals surface area contributed by atoms with Gasteiger partial charge in [-0.05, 0) is 31.6 Å². The number of nitrogens with zero attached hydrogens (tertiary/aromatic N) is 3. The van der Waals surface area contributed by atoms with Crippen LogP contribution >= 0.6 is 11.3 Å². The van der Waals surface area contributed by atoms with Crippen molar-refractivity contribution in [3.8, 4) is 0 Å². The van der Waals surface area contributed by atoms with Gasteiger partial charge in [0.2, 0.25) is 0 Å². The van der Waals surface area contributed by atoms with Gasteiger partial charge >= 0.3 is 0 Å². The molecular weight excluding hydrogens is 280 g/mol. The molecule has 1 aliphatic heterocycles. The molecule has 0 spiro atoms. The Bertz CT molecular complexity index is 588. The maximum Gasteiger partial charge on any atom is 0.195 e. The standard InChI is InChI=1S/C16H26N4S/c1-3-13(17)11-14-15(18-16-20(14)9-10-21-16)19-7-4-5-12(2)6-8-19/h9-10,12-13H,3-8,11,17H2,1-2H3. The number of hydrogen-bond donors (Lipinski definition) is 1. The Kier molecular flexibility index (Phi) is 4.50. The summed E-state index contributed by atoms with van der Waals surface area (Å²) in [6, 6.07) is 0.217. The molecule has 21 heavy (non-hydrogen) atoms. The molecule has 1 fully saturated rings. The summed E-state index contributed by atoms with van der Waals surface area (Å²) in [6.07, 6.45) is 7.93. The third-order valence-corrected chi connectivity index (χ3v) is 5.39. The van der Waals surface area contributed by atoms with E-state index in [1.54, 1.807) is 11.3 Å². The fourth-order valence-electron chi connectivity index (χ4n) is 3.13. The van der Waals surface area contributed by atoms with Crippen LogP contribution in [0.15, 0.2) is 11.6 Å². The maximum absolute atomic E-state index is 6.22. The van der Waals surface area contributed by atoms with E-state index in [0.717, 1.165) is 36.8 Å². The molecule has 1 saturated heterocycles. The van der Waals surface area contributed by atoms with Crippen molar-refractivity contribution in [3.63, 3.8) is 0 Å². The number of fused-ring (bicyclic) bond motifs is 1. The SMILES string of the molecule is CCC(N)Cc1c(N2CCCC(C)CC2)nc2sccn12. The van der Waals surface area contributed by atoms with Crippen LogP contribution in [0.1, 0.15) is 45.2 Å². The van der Waals surface area contributed by atoms with Crippen LogP contribution in [0.4, 0.5) is 5.82 Å². The topological polar surface area (TPSA) is 46.6 Å². The summed E-state index contributed by atoms with van der Waals surface area (Å²) in [7, 11) is 0. The molecule has 4 nitrogen and oxygen atoms in total. The second-order valence-corrected chi connectivity index (χ2v) is 7.21. The van der Waals surface area contributed by atoms with E-state index < -0.39 is 0 Å². The van der Waals surface area contributed by atoms with Gasteiger partial charge in [-0.2, -0.15) is 0 Å². The summed E-state index contributed by atoms with van der Waals surface area (Å²) in [5.74, 6) is 2.01. The summed E-state index contributed by atoms with van der Waals surface area (Å²) in [5, 5.41) is 2.11. The predicted octanol–water partition coefficient (Wildman–Crippen LogP) is 3.30. The number of hydrogen-bond acceptors (Lipinski definition) is 4. The lowest BCUT2D eigenvalue weighted by Crippen LogP contribution is -2.28. The molecule has 116 valence electrons. The molecule has 0 radical (unpaired) electrons. The summed E-state index contributed by atoms with van der Waals surface area (Å²) >= 11 is 1.71. The van der Waals surface area contributed by atoms with Crippen LogP contribution in [0, 0.1) is 5.92 Å². The number of anilines is 1. The first kappa shape index (κ1) is 14.9. The molecular formula is C16H26N4S. The minimum atomic E-state index is 0.217. The van der Waals surface area contributed by atoms with E-state index in [4.69, 9.17) is 10.7 Å². The van der Waals surface area contributed by atoms with Crippen LogP contribution in [0.2, 0.25) is 0 Å². The number of thiazole rings is 1. The second kappa shape index (κ2) is 6.36. The monoisotopic (exact) mass is 306 g/mol. The Morgan fingerprint density at radius 2 is 2.29 bits per heavy atom. The molecule has 2 unspecified atom stereocenters. The molecule has 2 aromatic rings. The van der Waals surface area contributed by atoms with Crippen LogP contribution in [0.5, 0.6) is 0 Å². The van der Waals surface area contributed by atoms with Crippen LogP contribution in [0.25, 0.3) is 4.96 Å². The molecule has 3 rings (SSSR count). The first-order chi connectivity index (χ1) is 10.2. The number of aromatic nitrogens is 2. The Hall–Kier alpha value is -1.07. The predicted molar refractivity (Wildman–Crippen MR) is 90.3 cm³/mol. The summed E-state index contributed by atoms with van der Waals surface area (Å²) in [5.41, 5.74) is 7.52. The molecule has 5 heteroatoms. The van der Waals surface area contributed by atoms with E-state index in [0.29, 0.717) is 0 Å². The van der Waals surface area contributed by atoms with Crippen molar-refractivity contribution in [1.29, 1.82) is 0 Å². The van der Waals surface area contributed by atoms with Crippen LogP contribution in [0.3, 0.4) is 0 Å². The molecule has 0 saturated carbocycles. The summed E-state index contributed by atoms with van der Waals surface area (Å²) < 4.78 is 2.24. The van der Waals surface area contributed by atoms with Crippen molar-refractivity contribution in [2.45, 2.75) is 52.0 Å². The van der Waals surface area contributed by atoms with Crippen molar-refractivity contribution in [2.75, 3.05) is 18.0 Å². The van der Waals surface area contributed by atoms with Crippen LogP contribution < -0.4 is 10.6 Å². The molecule has 2 N–H and O–H groups in total. The van der Waals surface area contributed by atoms with E-state index in [-0.39, 0.29) is 6.04 Å². The van der Waals surface area contributed by atoms with Gasteiger partial charge in [0.05, 0.1) is 5.69 Å². The molecule has 0 bridgehead atoms. The lowest BCUT2D eigenvalue weighted by molar-refractivity contribution is 0.521. The van der Waals surface area contributed by atoms with Crippen molar-refractivity contribution in [3.05, 3.63) is 17.3 Å². The highest BCUT2D eigenvalue weighted by atomic mass is 32.1. The lowest BCUT2D eigenvalue weighted by Gasteiger charge is -2.22. The van der Waals surface area contributed by atoms with Crippen molar-refractivity contribution < 1.29 is 0 Å². The van der Waals surface area contributed by atoms with E-state index in [1.807, 2.05) is 0 Å². The van der Waals surface area contributed by atoms with Gasteiger partial charge in [0.25, 0.3) is 0 Å². The van der Waals surface area contributed by atoms with Gasteiger partial charge in [-0.15, -0.1) is 11.3 Å². The average Bonchev–Trinajstić information content (AvgIpc) is 2.98. The third-order valence-electron chi connectivity index (χ3n) is 4.64.